The second-order valence-electron chi connectivity index (χ2n) is 6.35. The minimum Gasteiger partial charge on any atom is -0.496 e. The Morgan fingerprint density at radius 1 is 1.32 bits per heavy atom. The zero-order chi connectivity index (χ0) is 19.7. The highest BCUT2D eigenvalue weighted by Crippen LogP contribution is 2.36. The van der Waals surface area contributed by atoms with Crippen molar-refractivity contribution in [3.05, 3.63) is 46.3 Å². The van der Waals surface area contributed by atoms with E-state index in [4.69, 9.17) is 20.6 Å². The van der Waals surface area contributed by atoms with Crippen molar-refractivity contribution in [1.82, 2.24) is 4.57 Å². The molecule has 0 spiro atoms. The van der Waals surface area contributed by atoms with Crippen LogP contribution in [0.25, 0.3) is 10.2 Å². The Kier molecular flexibility index (Phi) is 4.80. The Bertz CT molecular complexity index is 1180. The van der Waals surface area contributed by atoms with Crippen LogP contribution in [0.4, 0.5) is 0 Å². The van der Waals surface area contributed by atoms with Crippen LogP contribution < -0.4 is 19.0 Å². The van der Waals surface area contributed by atoms with Crippen molar-refractivity contribution < 1.29 is 19.0 Å². The Balaban J connectivity index is 1.75. The molecule has 4 rings (SSSR count). The van der Waals surface area contributed by atoms with Gasteiger partial charge in [-0.05, 0) is 13.0 Å². The molecule has 0 fully saturated rings. The molecule has 2 aromatic carbocycles. The molecule has 0 atom stereocenters. The molecule has 3 aromatic rings. The van der Waals surface area contributed by atoms with Crippen LogP contribution in [0.3, 0.4) is 0 Å². The monoisotopic (exact) mass is 394 g/mol. The van der Waals surface area contributed by atoms with E-state index in [1.807, 2.05) is 41.8 Å². The first-order valence-electron chi connectivity index (χ1n) is 8.66. The van der Waals surface area contributed by atoms with E-state index in [-0.39, 0.29) is 19.1 Å². The summed E-state index contributed by atoms with van der Waals surface area (Å²) < 4.78 is 19.0. The third kappa shape index (κ3) is 3.35. The lowest BCUT2D eigenvalue weighted by Gasteiger charge is -2.07. The van der Waals surface area contributed by atoms with E-state index in [0.29, 0.717) is 28.6 Å². The van der Waals surface area contributed by atoms with Gasteiger partial charge in [-0.2, -0.15) is 4.99 Å². The number of benzene rings is 2. The maximum Gasteiger partial charge on any atom is 0.252 e. The van der Waals surface area contributed by atoms with Crippen LogP contribution in [-0.4, -0.2) is 24.4 Å². The van der Waals surface area contributed by atoms with Crippen LogP contribution in [0.15, 0.2) is 35.3 Å². The summed E-state index contributed by atoms with van der Waals surface area (Å²) in [4.78, 5) is 17.5. The zero-order valence-corrected chi connectivity index (χ0v) is 16.3. The number of carbonyl (C=O) groups is 1. The summed E-state index contributed by atoms with van der Waals surface area (Å²) >= 11 is 1.39. The summed E-state index contributed by atoms with van der Waals surface area (Å²) in [6, 6.07) is 9.50. The van der Waals surface area contributed by atoms with Crippen molar-refractivity contribution in [2.75, 3.05) is 13.9 Å². The van der Waals surface area contributed by atoms with Crippen molar-refractivity contribution in [3.8, 4) is 29.6 Å². The van der Waals surface area contributed by atoms with Crippen molar-refractivity contribution in [1.29, 1.82) is 0 Å². The highest BCUT2D eigenvalue weighted by atomic mass is 32.1. The van der Waals surface area contributed by atoms with E-state index in [2.05, 4.69) is 10.9 Å². The van der Waals surface area contributed by atoms with Crippen LogP contribution in [0.5, 0.6) is 17.2 Å². The number of hydrogen-bond donors (Lipinski definition) is 0. The van der Waals surface area contributed by atoms with E-state index in [1.165, 1.54) is 11.3 Å². The molecule has 0 bridgehead atoms. The van der Waals surface area contributed by atoms with Gasteiger partial charge in [0.15, 0.2) is 16.3 Å². The van der Waals surface area contributed by atoms with E-state index in [0.717, 1.165) is 21.3 Å². The lowest BCUT2D eigenvalue weighted by atomic mass is 10.1. The number of hydrogen-bond acceptors (Lipinski definition) is 5. The molecule has 0 saturated heterocycles. The molecule has 1 aromatic heterocycles. The second kappa shape index (κ2) is 7.41. The molecular formula is C21H18N2O4S. The van der Waals surface area contributed by atoms with Crippen molar-refractivity contribution >= 4 is 27.5 Å². The maximum absolute atomic E-state index is 12.7. The van der Waals surface area contributed by atoms with Crippen LogP contribution in [0.1, 0.15) is 11.1 Å². The first-order valence-corrected chi connectivity index (χ1v) is 9.48. The van der Waals surface area contributed by atoms with Gasteiger partial charge in [0.1, 0.15) is 5.75 Å². The topological polar surface area (TPSA) is 62.1 Å². The second-order valence-corrected chi connectivity index (χ2v) is 7.35. The maximum atomic E-state index is 12.7. The normalized spacial score (nSPS) is 13.0. The van der Waals surface area contributed by atoms with E-state index >= 15 is 0 Å². The first-order chi connectivity index (χ1) is 13.6. The van der Waals surface area contributed by atoms with Crippen LogP contribution in [-0.2, 0) is 17.8 Å². The number of carbonyl (C=O) groups excluding carboxylic acids is 1. The molecule has 0 N–H and O–H groups in total. The molecule has 0 saturated carbocycles. The minimum atomic E-state index is -0.263. The summed E-state index contributed by atoms with van der Waals surface area (Å²) in [6.45, 7) is 2.48. The predicted octanol–water partition coefficient (Wildman–Crippen LogP) is 3.05. The van der Waals surface area contributed by atoms with Crippen LogP contribution in [0, 0.1) is 19.3 Å². The SMILES string of the molecule is C#CCn1c(=NC(=O)Cc2cc(C)ccc2OC)sc2cc3c(cc21)OCO3. The van der Waals surface area contributed by atoms with Crippen molar-refractivity contribution in [3.63, 3.8) is 0 Å². The molecule has 1 aliphatic rings. The number of rotatable bonds is 4. The summed E-state index contributed by atoms with van der Waals surface area (Å²) in [5.41, 5.74) is 2.73. The molecule has 0 aliphatic carbocycles. The van der Waals surface area contributed by atoms with Gasteiger partial charge in [0.05, 0.1) is 30.3 Å². The summed E-state index contributed by atoms with van der Waals surface area (Å²) in [5, 5.41) is 0. The van der Waals surface area contributed by atoms with Gasteiger partial charge in [-0.1, -0.05) is 35.0 Å². The van der Waals surface area contributed by atoms with E-state index in [1.54, 1.807) is 7.11 Å². The van der Waals surface area contributed by atoms with Gasteiger partial charge in [-0.25, -0.2) is 0 Å². The Labute approximate surface area is 166 Å². The van der Waals surface area contributed by atoms with Gasteiger partial charge >= 0.3 is 0 Å². The summed E-state index contributed by atoms with van der Waals surface area (Å²) in [7, 11) is 1.59. The number of terminal acetylenes is 1. The molecule has 0 radical (unpaired) electrons. The Morgan fingerprint density at radius 3 is 2.86 bits per heavy atom. The smallest absolute Gasteiger partial charge is 0.252 e. The summed E-state index contributed by atoms with van der Waals surface area (Å²) in [6.07, 6.45) is 5.69. The largest absolute Gasteiger partial charge is 0.496 e. The molecule has 0 unspecified atom stereocenters. The van der Waals surface area contributed by atoms with Crippen LogP contribution in [0.2, 0.25) is 0 Å². The Morgan fingerprint density at radius 2 is 2.11 bits per heavy atom. The number of methoxy groups -OCH3 is 1. The Hall–Kier alpha value is -3.24. The molecule has 1 amide bonds. The number of ether oxygens (including phenoxy) is 3. The molecule has 28 heavy (non-hydrogen) atoms. The number of aryl methyl sites for hydroxylation is 1. The fourth-order valence-corrected chi connectivity index (χ4v) is 4.20. The van der Waals surface area contributed by atoms with E-state index < -0.39 is 0 Å². The van der Waals surface area contributed by atoms with Gasteiger partial charge in [0, 0.05) is 17.7 Å². The fraction of sp³-hybridized carbons (Fsp3) is 0.238. The fourth-order valence-electron chi connectivity index (χ4n) is 3.14. The average molecular weight is 394 g/mol. The van der Waals surface area contributed by atoms with Gasteiger partial charge in [0.2, 0.25) is 6.79 Å². The van der Waals surface area contributed by atoms with Gasteiger partial charge in [0.25, 0.3) is 5.91 Å². The number of thiazole rings is 1. The molecule has 2 heterocycles. The molecule has 7 heteroatoms. The molecule has 142 valence electrons. The van der Waals surface area contributed by atoms with Crippen molar-refractivity contribution in [2.24, 2.45) is 4.99 Å². The minimum absolute atomic E-state index is 0.151. The zero-order valence-electron chi connectivity index (χ0n) is 15.5. The van der Waals surface area contributed by atoms with Gasteiger partial charge in [-0.15, -0.1) is 6.42 Å². The highest BCUT2D eigenvalue weighted by Gasteiger charge is 2.18. The number of amides is 1. The average Bonchev–Trinajstić information content (AvgIpc) is 3.24. The third-order valence-electron chi connectivity index (χ3n) is 4.42. The van der Waals surface area contributed by atoms with Crippen LogP contribution >= 0.6 is 11.3 Å². The lowest BCUT2D eigenvalue weighted by molar-refractivity contribution is -0.117. The van der Waals surface area contributed by atoms with Gasteiger partial charge in [-0.3, -0.25) is 4.79 Å². The standard InChI is InChI=1S/C21H18N2O4S/c1-4-7-23-15-10-17-18(27-12-26-17)11-19(15)28-21(23)22-20(24)9-14-8-13(2)5-6-16(14)25-3/h1,5-6,8,10-11H,7,9,12H2,2-3H3. The third-order valence-corrected chi connectivity index (χ3v) is 5.47. The predicted molar refractivity (Wildman–Crippen MR) is 107 cm³/mol. The van der Waals surface area contributed by atoms with Crippen molar-refractivity contribution in [2.45, 2.75) is 19.9 Å². The quantitative estimate of drug-likeness (QED) is 0.638. The molecular weight excluding hydrogens is 376 g/mol. The lowest BCUT2D eigenvalue weighted by Crippen LogP contribution is -2.17. The molecule has 6 nitrogen and oxygen atoms in total. The molecule has 1 aliphatic heterocycles. The first kappa shape index (κ1) is 18.1. The highest BCUT2D eigenvalue weighted by molar-refractivity contribution is 7.16. The number of nitrogens with zero attached hydrogens (tertiary/aromatic N) is 2. The number of fused-ring (bicyclic) bond motifs is 2. The summed E-state index contributed by atoms with van der Waals surface area (Å²) in [5.74, 6) is 4.39. The van der Waals surface area contributed by atoms with E-state index in [9.17, 15) is 4.79 Å². The van der Waals surface area contributed by atoms with Gasteiger partial charge < -0.3 is 18.8 Å². The number of aromatic nitrogens is 1.